The fourth-order valence-electron chi connectivity index (χ4n) is 1.74. The molecule has 0 amide bonds. The van der Waals surface area contributed by atoms with E-state index in [9.17, 15) is 10.1 Å². The van der Waals surface area contributed by atoms with Crippen molar-refractivity contribution in [3.8, 4) is 6.07 Å². The lowest BCUT2D eigenvalue weighted by Crippen LogP contribution is -2.07. The molecule has 2 rings (SSSR count). The van der Waals surface area contributed by atoms with Gasteiger partial charge in [-0.2, -0.15) is 5.26 Å². The molecule has 0 aromatic heterocycles. The monoisotopic (exact) mass is 347 g/mol. The molecule has 0 aliphatic heterocycles. The van der Waals surface area contributed by atoms with E-state index in [1.807, 2.05) is 0 Å². The van der Waals surface area contributed by atoms with Crippen LogP contribution in [-0.4, -0.2) is 4.92 Å². The first-order chi connectivity index (χ1) is 10.0. The van der Waals surface area contributed by atoms with Gasteiger partial charge >= 0.3 is 0 Å². The number of anilines is 3. The van der Waals surface area contributed by atoms with Crippen molar-refractivity contribution in [2.75, 3.05) is 10.7 Å². The number of hydrazine groups is 1. The van der Waals surface area contributed by atoms with E-state index < -0.39 is 4.92 Å². The highest BCUT2D eigenvalue weighted by molar-refractivity contribution is 9.10. The molecular weight excluding hydrogens is 338 g/mol. The van der Waals surface area contributed by atoms with Crippen LogP contribution in [0, 0.1) is 21.4 Å². The average Bonchev–Trinajstić information content (AvgIpc) is 2.47. The summed E-state index contributed by atoms with van der Waals surface area (Å²) in [5.41, 5.74) is 4.06. The van der Waals surface area contributed by atoms with Gasteiger partial charge in [0.2, 0.25) is 0 Å². The second-order valence-electron chi connectivity index (χ2n) is 4.10. The number of nitrogen functional groups attached to an aromatic ring is 1. The molecular formula is C13H10BrN5O2. The maximum Gasteiger partial charge on any atom is 0.273 e. The molecule has 4 N–H and O–H groups in total. The van der Waals surface area contributed by atoms with E-state index in [1.165, 1.54) is 12.1 Å². The second-order valence-corrected chi connectivity index (χ2v) is 5.01. The summed E-state index contributed by atoms with van der Waals surface area (Å²) in [4.78, 5) is 10.4. The summed E-state index contributed by atoms with van der Waals surface area (Å²) in [7, 11) is 0. The fraction of sp³-hybridized carbons (Fsp3) is 0. The average molecular weight is 348 g/mol. The second kappa shape index (κ2) is 6.21. The number of nitro benzene ring substituents is 1. The van der Waals surface area contributed by atoms with E-state index in [4.69, 9.17) is 11.1 Å². The topological polar surface area (TPSA) is 117 Å². The smallest absolute Gasteiger partial charge is 0.273 e. The number of nitriles is 1. The number of benzene rings is 2. The standard InChI is InChI=1S/C13H10BrN5O2/c14-9-2-1-8(7-15)13(3-9)17-10-4-11(18-16)6-12(5-10)19(20)21/h1-6,17-18H,16H2. The Labute approximate surface area is 128 Å². The van der Waals surface area contributed by atoms with Crippen LogP contribution in [0.1, 0.15) is 5.56 Å². The predicted molar refractivity (Wildman–Crippen MR) is 83.0 cm³/mol. The molecule has 0 atom stereocenters. The van der Waals surface area contributed by atoms with E-state index in [0.29, 0.717) is 22.6 Å². The number of non-ortho nitro benzene ring substituents is 1. The summed E-state index contributed by atoms with van der Waals surface area (Å²) >= 11 is 3.31. The van der Waals surface area contributed by atoms with Crippen LogP contribution in [-0.2, 0) is 0 Å². The summed E-state index contributed by atoms with van der Waals surface area (Å²) in [6, 6.07) is 11.4. The summed E-state index contributed by atoms with van der Waals surface area (Å²) in [5, 5.41) is 23.0. The van der Waals surface area contributed by atoms with Crippen molar-refractivity contribution in [2.24, 2.45) is 5.84 Å². The Kier molecular flexibility index (Phi) is 4.37. The molecule has 0 spiro atoms. The van der Waals surface area contributed by atoms with Crippen LogP contribution in [0.25, 0.3) is 0 Å². The first-order valence-electron chi connectivity index (χ1n) is 5.76. The molecule has 0 saturated heterocycles. The van der Waals surface area contributed by atoms with Crippen molar-refractivity contribution in [1.82, 2.24) is 0 Å². The van der Waals surface area contributed by atoms with Gasteiger partial charge in [0.15, 0.2) is 0 Å². The molecule has 2 aromatic rings. The Morgan fingerprint density at radius 3 is 2.57 bits per heavy atom. The SMILES string of the molecule is N#Cc1ccc(Br)cc1Nc1cc(NN)cc([N+](=O)[O-])c1. The van der Waals surface area contributed by atoms with E-state index in [2.05, 4.69) is 32.7 Å². The molecule has 0 bridgehead atoms. The Morgan fingerprint density at radius 2 is 1.95 bits per heavy atom. The minimum atomic E-state index is -0.516. The van der Waals surface area contributed by atoms with Crippen molar-refractivity contribution in [1.29, 1.82) is 5.26 Å². The number of hydrogen-bond acceptors (Lipinski definition) is 6. The summed E-state index contributed by atoms with van der Waals surface area (Å²) in [6.07, 6.45) is 0. The van der Waals surface area contributed by atoms with Gasteiger partial charge < -0.3 is 10.7 Å². The van der Waals surface area contributed by atoms with E-state index in [1.54, 1.807) is 24.3 Å². The van der Waals surface area contributed by atoms with Crippen LogP contribution in [0.4, 0.5) is 22.7 Å². The van der Waals surface area contributed by atoms with Crippen LogP contribution in [0.2, 0.25) is 0 Å². The van der Waals surface area contributed by atoms with Crippen molar-refractivity contribution in [3.05, 3.63) is 56.5 Å². The Morgan fingerprint density at radius 1 is 1.24 bits per heavy atom. The highest BCUT2D eigenvalue weighted by Gasteiger charge is 2.11. The van der Waals surface area contributed by atoms with Gasteiger partial charge in [0.05, 0.1) is 21.9 Å². The zero-order chi connectivity index (χ0) is 15.4. The molecule has 8 heteroatoms. The molecule has 0 aliphatic rings. The normalized spacial score (nSPS) is 9.76. The molecule has 2 aromatic carbocycles. The van der Waals surface area contributed by atoms with Crippen LogP contribution in [0.15, 0.2) is 40.9 Å². The van der Waals surface area contributed by atoms with Crippen LogP contribution < -0.4 is 16.6 Å². The van der Waals surface area contributed by atoms with Gasteiger partial charge in [-0.1, -0.05) is 15.9 Å². The zero-order valence-electron chi connectivity index (χ0n) is 10.6. The van der Waals surface area contributed by atoms with Gasteiger partial charge in [-0.25, -0.2) is 0 Å². The maximum absolute atomic E-state index is 10.9. The highest BCUT2D eigenvalue weighted by Crippen LogP contribution is 2.29. The number of rotatable bonds is 4. The zero-order valence-corrected chi connectivity index (χ0v) is 12.2. The Bertz CT molecular complexity index is 742. The number of nitrogens with two attached hydrogens (primary N) is 1. The minimum Gasteiger partial charge on any atom is -0.354 e. The molecule has 0 radical (unpaired) electrons. The molecule has 0 heterocycles. The lowest BCUT2D eigenvalue weighted by Gasteiger charge is -2.10. The lowest BCUT2D eigenvalue weighted by molar-refractivity contribution is -0.384. The summed E-state index contributed by atoms with van der Waals surface area (Å²) in [5.74, 6) is 5.30. The number of hydrogen-bond donors (Lipinski definition) is 3. The van der Waals surface area contributed by atoms with Crippen LogP contribution in [0.3, 0.4) is 0 Å². The Balaban J connectivity index is 2.44. The van der Waals surface area contributed by atoms with Crippen molar-refractivity contribution in [3.63, 3.8) is 0 Å². The van der Waals surface area contributed by atoms with Crippen LogP contribution in [0.5, 0.6) is 0 Å². The Hall–Kier alpha value is -2.63. The third-order valence-electron chi connectivity index (χ3n) is 2.68. The molecule has 0 fully saturated rings. The van der Waals surface area contributed by atoms with Gasteiger partial charge in [-0.05, 0) is 24.3 Å². The number of nitrogens with one attached hydrogen (secondary N) is 2. The number of nitro groups is 1. The van der Waals surface area contributed by atoms with Gasteiger partial charge in [0, 0.05) is 22.3 Å². The first kappa shape index (κ1) is 14.8. The van der Waals surface area contributed by atoms with Crippen molar-refractivity contribution < 1.29 is 4.92 Å². The van der Waals surface area contributed by atoms with E-state index in [-0.39, 0.29) is 5.69 Å². The molecule has 21 heavy (non-hydrogen) atoms. The van der Waals surface area contributed by atoms with Crippen LogP contribution >= 0.6 is 15.9 Å². The van der Waals surface area contributed by atoms with Gasteiger partial charge in [0.25, 0.3) is 5.69 Å². The molecule has 0 aliphatic carbocycles. The molecule has 106 valence electrons. The lowest BCUT2D eigenvalue weighted by atomic mass is 10.1. The van der Waals surface area contributed by atoms with Gasteiger partial charge in [-0.3, -0.25) is 16.0 Å². The molecule has 7 nitrogen and oxygen atoms in total. The summed E-state index contributed by atoms with van der Waals surface area (Å²) < 4.78 is 0.784. The van der Waals surface area contributed by atoms with E-state index in [0.717, 1.165) is 4.47 Å². The maximum atomic E-state index is 10.9. The quantitative estimate of drug-likeness (QED) is 0.444. The third-order valence-corrected chi connectivity index (χ3v) is 3.17. The fourth-order valence-corrected chi connectivity index (χ4v) is 2.11. The first-order valence-corrected chi connectivity index (χ1v) is 6.55. The summed E-state index contributed by atoms with van der Waals surface area (Å²) in [6.45, 7) is 0. The minimum absolute atomic E-state index is 0.110. The van der Waals surface area contributed by atoms with Crippen molar-refractivity contribution >= 4 is 38.7 Å². The van der Waals surface area contributed by atoms with Gasteiger partial charge in [0.1, 0.15) is 6.07 Å². The predicted octanol–water partition coefficient (Wildman–Crippen LogP) is 3.26. The highest BCUT2D eigenvalue weighted by atomic mass is 79.9. The van der Waals surface area contributed by atoms with Gasteiger partial charge in [-0.15, -0.1) is 0 Å². The van der Waals surface area contributed by atoms with E-state index >= 15 is 0 Å². The molecule has 0 saturated carbocycles. The number of halogens is 1. The molecule has 0 unspecified atom stereocenters. The third kappa shape index (κ3) is 3.47. The van der Waals surface area contributed by atoms with Crippen molar-refractivity contribution in [2.45, 2.75) is 0 Å². The number of nitrogens with zero attached hydrogens (tertiary/aromatic N) is 2. The largest absolute Gasteiger partial charge is 0.354 e.